The van der Waals surface area contributed by atoms with Gasteiger partial charge >= 0.3 is 39.5 Å². The van der Waals surface area contributed by atoms with Crippen LogP contribution in [0, 0.1) is 5.92 Å². The van der Waals surface area contributed by atoms with Gasteiger partial charge in [-0.15, -0.1) is 0 Å². The normalized spacial score (nSPS) is 14.0. The monoisotopic (exact) mass is 1340 g/mol. The number of ether oxygens (including phenoxy) is 4. The van der Waals surface area contributed by atoms with Crippen molar-refractivity contribution >= 4 is 39.5 Å². The number of aliphatic hydroxyl groups is 1. The fourth-order valence-electron chi connectivity index (χ4n) is 11.0. The van der Waals surface area contributed by atoms with Crippen molar-refractivity contribution in [3.63, 3.8) is 0 Å². The lowest BCUT2D eigenvalue weighted by atomic mass is 10.0. The van der Waals surface area contributed by atoms with Crippen LogP contribution in [0.3, 0.4) is 0 Å². The first-order valence-corrected chi connectivity index (χ1v) is 40.6. The lowest BCUT2D eigenvalue weighted by Crippen LogP contribution is -2.30. The molecule has 0 amide bonds. The zero-order chi connectivity index (χ0) is 67.0. The second-order valence-corrected chi connectivity index (χ2v) is 29.4. The molecule has 0 rings (SSSR count). The molecule has 0 aliphatic heterocycles. The average molecular weight is 1340 g/mol. The van der Waals surface area contributed by atoms with E-state index in [4.69, 9.17) is 37.0 Å². The fourth-order valence-corrected chi connectivity index (χ4v) is 12.6. The van der Waals surface area contributed by atoms with E-state index in [1.807, 2.05) is 0 Å². The highest BCUT2D eigenvalue weighted by Gasteiger charge is 2.30. The minimum absolute atomic E-state index is 0.107. The smallest absolute Gasteiger partial charge is 0.462 e. The maximum absolute atomic E-state index is 13.0. The zero-order valence-corrected chi connectivity index (χ0v) is 60.8. The molecule has 0 aromatic carbocycles. The molecule has 0 bridgehead atoms. The fraction of sp³-hybridized carbons (Fsp3) is 0.944. The number of phosphoric ester groups is 2. The SMILES string of the molecule is CCCCCCCCCCCCCCCCCCCCCCCC(=O)O[C@H](COC(=O)CCCCCCCCCCC(C)C)COP(=O)(O)OC[C@@H](O)COP(=O)(O)OC[C@@H](COC(=O)CCCCCCCCCCC)OC(=O)CCCCCCCCCCCC. The van der Waals surface area contributed by atoms with Crippen molar-refractivity contribution < 1.29 is 80.2 Å². The van der Waals surface area contributed by atoms with Crippen LogP contribution in [0.15, 0.2) is 0 Å². The highest BCUT2D eigenvalue weighted by atomic mass is 31.2. The third-order valence-electron chi connectivity index (χ3n) is 16.8. The van der Waals surface area contributed by atoms with Crippen LogP contribution in [0.25, 0.3) is 0 Å². The second-order valence-electron chi connectivity index (χ2n) is 26.5. The molecule has 0 heterocycles. The van der Waals surface area contributed by atoms with E-state index in [-0.39, 0.29) is 25.7 Å². The molecule has 5 atom stereocenters. The molecule has 91 heavy (non-hydrogen) atoms. The van der Waals surface area contributed by atoms with Crippen molar-refractivity contribution in [3.8, 4) is 0 Å². The molecule has 2 unspecified atom stereocenters. The molecule has 0 saturated heterocycles. The Balaban J connectivity index is 5.15. The maximum Gasteiger partial charge on any atom is 0.472 e. The van der Waals surface area contributed by atoms with Crippen molar-refractivity contribution in [1.29, 1.82) is 0 Å². The minimum Gasteiger partial charge on any atom is -0.462 e. The summed E-state index contributed by atoms with van der Waals surface area (Å²) in [7, 11) is -9.90. The summed E-state index contributed by atoms with van der Waals surface area (Å²) in [6.07, 6.45) is 52.9. The van der Waals surface area contributed by atoms with Crippen LogP contribution in [0.4, 0.5) is 0 Å². The van der Waals surface area contributed by atoms with Gasteiger partial charge in [-0.2, -0.15) is 0 Å². The maximum atomic E-state index is 13.0. The number of phosphoric acid groups is 2. The highest BCUT2D eigenvalue weighted by Crippen LogP contribution is 2.45. The van der Waals surface area contributed by atoms with Gasteiger partial charge in [0.25, 0.3) is 0 Å². The Hall–Kier alpha value is -1.94. The minimum atomic E-state index is -4.95. The molecule has 0 spiro atoms. The van der Waals surface area contributed by atoms with E-state index in [1.54, 1.807) is 0 Å². The van der Waals surface area contributed by atoms with Crippen LogP contribution < -0.4 is 0 Å². The number of unbranched alkanes of at least 4 members (excludes halogenated alkanes) is 44. The summed E-state index contributed by atoms with van der Waals surface area (Å²) in [5.74, 6) is -1.40. The van der Waals surface area contributed by atoms with Gasteiger partial charge < -0.3 is 33.8 Å². The summed E-state index contributed by atoms with van der Waals surface area (Å²) in [5.41, 5.74) is 0. The highest BCUT2D eigenvalue weighted by molar-refractivity contribution is 7.47. The second kappa shape index (κ2) is 65.4. The molecule has 0 aliphatic rings. The summed E-state index contributed by atoms with van der Waals surface area (Å²) >= 11 is 0. The Morgan fingerprint density at radius 3 is 0.747 bits per heavy atom. The van der Waals surface area contributed by atoms with Crippen molar-refractivity contribution in [2.75, 3.05) is 39.6 Å². The molecular formula is C72H140O17P2. The summed E-state index contributed by atoms with van der Waals surface area (Å²) in [4.78, 5) is 72.5. The van der Waals surface area contributed by atoms with Gasteiger partial charge in [0, 0.05) is 25.7 Å². The van der Waals surface area contributed by atoms with Gasteiger partial charge in [-0.05, 0) is 31.6 Å². The van der Waals surface area contributed by atoms with Gasteiger partial charge in [0.2, 0.25) is 0 Å². The van der Waals surface area contributed by atoms with Gasteiger partial charge in [-0.25, -0.2) is 9.13 Å². The standard InChI is InChI=1S/C72H140O17P2/c1-6-9-12-15-18-21-23-24-25-26-27-28-29-30-31-32-33-36-43-48-53-58-72(77)89-68(62-83-70(75)56-51-46-41-38-37-39-44-49-54-65(4)5)64-87-91(80,81)85-60-66(73)59-84-90(78,79)86-63-67(61-82-69(74)55-50-45-40-34-20-17-14-11-8-3)88-71(76)57-52-47-42-35-22-19-16-13-10-7-2/h65-68,73H,6-64H2,1-5H3,(H,78,79)(H,80,81)/t66-,67+,68+/m0/s1. The number of carbonyl (C=O) groups is 4. The summed E-state index contributed by atoms with van der Waals surface area (Å²) < 4.78 is 68.2. The van der Waals surface area contributed by atoms with E-state index in [0.717, 1.165) is 95.8 Å². The van der Waals surface area contributed by atoms with Crippen LogP contribution >= 0.6 is 15.6 Å². The zero-order valence-electron chi connectivity index (χ0n) is 59.0. The van der Waals surface area contributed by atoms with Crippen molar-refractivity contribution in [3.05, 3.63) is 0 Å². The summed E-state index contributed by atoms with van der Waals surface area (Å²) in [6, 6.07) is 0. The Morgan fingerprint density at radius 2 is 0.505 bits per heavy atom. The topological polar surface area (TPSA) is 237 Å². The van der Waals surface area contributed by atoms with Gasteiger partial charge in [-0.3, -0.25) is 37.3 Å². The third kappa shape index (κ3) is 66.5. The van der Waals surface area contributed by atoms with E-state index >= 15 is 0 Å². The van der Waals surface area contributed by atoms with Crippen molar-refractivity contribution in [2.45, 2.75) is 393 Å². The molecular weight excluding hydrogens is 1200 g/mol. The molecule has 0 saturated carbocycles. The molecule has 3 N–H and O–H groups in total. The summed E-state index contributed by atoms with van der Waals surface area (Å²) in [6.45, 7) is 7.20. The predicted octanol–water partition coefficient (Wildman–Crippen LogP) is 20.9. The van der Waals surface area contributed by atoms with E-state index < -0.39 is 97.5 Å². The van der Waals surface area contributed by atoms with E-state index in [0.29, 0.717) is 25.7 Å². The first kappa shape index (κ1) is 89.1. The number of aliphatic hydroxyl groups excluding tert-OH is 1. The molecule has 0 aromatic rings. The van der Waals surface area contributed by atoms with Crippen LogP contribution in [0.1, 0.15) is 375 Å². The number of carbonyl (C=O) groups excluding carboxylic acids is 4. The van der Waals surface area contributed by atoms with E-state index in [1.165, 1.54) is 199 Å². The van der Waals surface area contributed by atoms with Crippen LogP contribution in [-0.4, -0.2) is 96.7 Å². The first-order valence-electron chi connectivity index (χ1n) is 37.6. The van der Waals surface area contributed by atoms with E-state index in [9.17, 15) is 43.2 Å². The van der Waals surface area contributed by atoms with Crippen LogP contribution in [-0.2, 0) is 65.4 Å². The molecule has 0 radical (unpaired) electrons. The van der Waals surface area contributed by atoms with Crippen LogP contribution in [0.5, 0.6) is 0 Å². The molecule has 19 heteroatoms. The molecule has 540 valence electrons. The molecule has 0 aromatic heterocycles. The van der Waals surface area contributed by atoms with Crippen molar-refractivity contribution in [1.82, 2.24) is 0 Å². The molecule has 17 nitrogen and oxygen atoms in total. The lowest BCUT2D eigenvalue weighted by molar-refractivity contribution is -0.161. The van der Waals surface area contributed by atoms with Crippen molar-refractivity contribution in [2.24, 2.45) is 5.92 Å². The van der Waals surface area contributed by atoms with Gasteiger partial charge in [0.15, 0.2) is 12.2 Å². The molecule has 0 fully saturated rings. The number of rotatable bonds is 72. The lowest BCUT2D eigenvalue weighted by Gasteiger charge is -2.21. The van der Waals surface area contributed by atoms with Gasteiger partial charge in [0.1, 0.15) is 19.3 Å². The third-order valence-corrected chi connectivity index (χ3v) is 18.7. The van der Waals surface area contributed by atoms with Gasteiger partial charge in [0.05, 0.1) is 26.4 Å². The Labute approximate surface area is 556 Å². The molecule has 0 aliphatic carbocycles. The Bertz CT molecular complexity index is 1750. The Kier molecular flexibility index (Phi) is 64.0. The predicted molar refractivity (Wildman–Crippen MR) is 368 cm³/mol. The number of hydrogen-bond donors (Lipinski definition) is 3. The first-order chi connectivity index (χ1) is 44.0. The Morgan fingerprint density at radius 1 is 0.297 bits per heavy atom. The number of esters is 4. The largest absolute Gasteiger partial charge is 0.472 e. The quantitative estimate of drug-likeness (QED) is 0.0222. The van der Waals surface area contributed by atoms with Gasteiger partial charge in [-0.1, -0.05) is 324 Å². The van der Waals surface area contributed by atoms with Crippen LogP contribution in [0.2, 0.25) is 0 Å². The average Bonchev–Trinajstić information content (AvgIpc) is 3.74. The van der Waals surface area contributed by atoms with E-state index in [2.05, 4.69) is 34.6 Å². The number of hydrogen-bond acceptors (Lipinski definition) is 15. The summed E-state index contributed by atoms with van der Waals surface area (Å²) in [5, 5.41) is 10.6.